The van der Waals surface area contributed by atoms with E-state index in [0.717, 1.165) is 24.5 Å². The molecule has 3 nitrogen and oxygen atoms in total. The maximum Gasteiger partial charge on any atom is 0.152 e. The third-order valence-corrected chi connectivity index (χ3v) is 2.71. The molecule has 76 valence electrons. The summed E-state index contributed by atoms with van der Waals surface area (Å²) in [5.41, 5.74) is 0.789. The average molecular weight is 195 g/mol. The van der Waals surface area contributed by atoms with Gasteiger partial charge in [0.05, 0.1) is 11.9 Å². The number of likely N-dealkylation sites (N-methyl/N-ethyl adjacent to an activating group) is 1. The lowest BCUT2D eigenvalue weighted by molar-refractivity contribution is 0.598. The molecule has 0 amide bonds. The Morgan fingerprint density at radius 3 is 3.21 bits per heavy atom. The normalized spacial score (nSPS) is 20.2. The van der Waals surface area contributed by atoms with Crippen molar-refractivity contribution in [3.05, 3.63) is 18.1 Å². The molecule has 1 aromatic heterocycles. The van der Waals surface area contributed by atoms with Crippen molar-refractivity contribution < 1.29 is 4.39 Å². The smallest absolute Gasteiger partial charge is 0.152 e. The fraction of sp³-hybridized carbons (Fsp3) is 0.500. The van der Waals surface area contributed by atoms with Crippen molar-refractivity contribution in [3.8, 4) is 0 Å². The maximum atomic E-state index is 12.9. The molecule has 1 atom stereocenters. The van der Waals surface area contributed by atoms with Crippen LogP contribution < -0.4 is 10.2 Å². The molecule has 1 unspecified atom stereocenters. The molecule has 0 spiro atoms. The van der Waals surface area contributed by atoms with E-state index in [1.165, 1.54) is 12.3 Å². The Balaban J connectivity index is 2.36. The van der Waals surface area contributed by atoms with Crippen LogP contribution in [-0.2, 0) is 0 Å². The quantitative estimate of drug-likeness (QED) is 0.741. The summed E-state index contributed by atoms with van der Waals surface area (Å²) in [6.07, 6.45) is 2.32. The lowest BCUT2D eigenvalue weighted by Gasteiger charge is -2.34. The summed E-state index contributed by atoms with van der Waals surface area (Å²) in [4.78, 5) is 6.19. The second kappa shape index (κ2) is 3.44. The number of nitrogens with zero attached hydrogens (tertiary/aromatic N) is 2. The highest BCUT2D eigenvalue weighted by atomic mass is 19.1. The molecule has 2 heterocycles. The zero-order valence-corrected chi connectivity index (χ0v) is 8.42. The fourth-order valence-corrected chi connectivity index (χ4v) is 1.80. The van der Waals surface area contributed by atoms with E-state index in [1.807, 2.05) is 7.05 Å². The van der Waals surface area contributed by atoms with Crippen molar-refractivity contribution >= 4 is 11.5 Å². The van der Waals surface area contributed by atoms with Crippen LogP contribution in [0.4, 0.5) is 15.9 Å². The van der Waals surface area contributed by atoms with Crippen LogP contribution in [0.25, 0.3) is 0 Å². The summed E-state index contributed by atoms with van der Waals surface area (Å²) in [5.74, 6) is 0.545. The molecule has 1 aliphatic heterocycles. The Kier molecular flexibility index (Phi) is 2.27. The molecule has 1 aromatic rings. The van der Waals surface area contributed by atoms with Gasteiger partial charge in [0.25, 0.3) is 0 Å². The van der Waals surface area contributed by atoms with E-state index < -0.39 is 0 Å². The molecule has 1 aliphatic rings. The molecule has 0 saturated heterocycles. The van der Waals surface area contributed by atoms with Crippen LogP contribution in [0.1, 0.15) is 13.3 Å². The molecule has 0 aliphatic carbocycles. The van der Waals surface area contributed by atoms with Gasteiger partial charge in [0.2, 0.25) is 0 Å². The number of pyridine rings is 1. The topological polar surface area (TPSA) is 28.2 Å². The predicted octanol–water partition coefficient (Wildman–Crippen LogP) is 1.86. The van der Waals surface area contributed by atoms with E-state index in [1.54, 1.807) is 0 Å². The van der Waals surface area contributed by atoms with Gasteiger partial charge in [-0.25, -0.2) is 9.37 Å². The molecule has 14 heavy (non-hydrogen) atoms. The lowest BCUT2D eigenvalue weighted by Crippen LogP contribution is -2.41. The first-order valence-corrected chi connectivity index (χ1v) is 4.84. The van der Waals surface area contributed by atoms with Crippen molar-refractivity contribution in [2.75, 3.05) is 23.8 Å². The summed E-state index contributed by atoms with van der Waals surface area (Å²) in [6, 6.07) is 1.94. The minimum atomic E-state index is -0.292. The molecule has 2 rings (SSSR count). The van der Waals surface area contributed by atoms with Gasteiger partial charge in [-0.1, -0.05) is 6.92 Å². The molecule has 4 heteroatoms. The predicted molar refractivity (Wildman–Crippen MR) is 55.2 cm³/mol. The molecular formula is C10H14FN3. The summed E-state index contributed by atoms with van der Waals surface area (Å²) in [6.45, 7) is 2.99. The Morgan fingerprint density at radius 1 is 1.71 bits per heavy atom. The van der Waals surface area contributed by atoms with Crippen molar-refractivity contribution in [1.29, 1.82) is 0 Å². The monoisotopic (exact) mass is 195 g/mol. The van der Waals surface area contributed by atoms with E-state index in [2.05, 4.69) is 22.1 Å². The minimum absolute atomic E-state index is 0.292. The van der Waals surface area contributed by atoms with Gasteiger partial charge in [0.15, 0.2) is 5.82 Å². The first kappa shape index (κ1) is 9.24. The number of nitrogens with one attached hydrogen (secondary N) is 1. The summed E-state index contributed by atoms with van der Waals surface area (Å²) in [7, 11) is 2.00. The highest BCUT2D eigenvalue weighted by Gasteiger charge is 2.22. The van der Waals surface area contributed by atoms with Crippen molar-refractivity contribution in [3.63, 3.8) is 0 Å². The van der Waals surface area contributed by atoms with E-state index in [-0.39, 0.29) is 5.82 Å². The van der Waals surface area contributed by atoms with Crippen LogP contribution in [0.15, 0.2) is 12.3 Å². The van der Waals surface area contributed by atoms with Gasteiger partial charge in [-0.05, 0) is 6.42 Å². The number of aromatic nitrogens is 1. The van der Waals surface area contributed by atoms with E-state index in [0.29, 0.717) is 6.04 Å². The van der Waals surface area contributed by atoms with E-state index in [4.69, 9.17) is 0 Å². The molecular weight excluding hydrogens is 181 g/mol. The fourth-order valence-electron chi connectivity index (χ4n) is 1.80. The zero-order valence-electron chi connectivity index (χ0n) is 8.42. The van der Waals surface area contributed by atoms with Crippen LogP contribution in [-0.4, -0.2) is 24.6 Å². The molecule has 0 aromatic carbocycles. The number of anilines is 2. The van der Waals surface area contributed by atoms with Gasteiger partial charge in [-0.3, -0.25) is 0 Å². The van der Waals surface area contributed by atoms with E-state index in [9.17, 15) is 4.39 Å². The Labute approximate surface area is 82.9 Å². The summed E-state index contributed by atoms with van der Waals surface area (Å²) >= 11 is 0. The SMILES string of the molecule is CCC1CNc2cc(F)cnc2N1C. The van der Waals surface area contributed by atoms with Crippen LogP contribution in [0, 0.1) is 5.82 Å². The summed E-state index contributed by atoms with van der Waals surface area (Å²) in [5, 5.41) is 3.19. The van der Waals surface area contributed by atoms with Gasteiger partial charge in [-0.15, -0.1) is 0 Å². The highest BCUT2D eigenvalue weighted by molar-refractivity contribution is 5.68. The lowest BCUT2D eigenvalue weighted by atomic mass is 10.1. The summed E-state index contributed by atoms with van der Waals surface area (Å²) < 4.78 is 12.9. The largest absolute Gasteiger partial charge is 0.380 e. The van der Waals surface area contributed by atoms with Crippen molar-refractivity contribution in [2.24, 2.45) is 0 Å². The Bertz CT molecular complexity index is 340. The van der Waals surface area contributed by atoms with E-state index >= 15 is 0 Å². The van der Waals surface area contributed by atoms with Crippen LogP contribution in [0.3, 0.4) is 0 Å². The highest BCUT2D eigenvalue weighted by Crippen LogP contribution is 2.28. The van der Waals surface area contributed by atoms with Gasteiger partial charge in [0, 0.05) is 25.7 Å². The van der Waals surface area contributed by atoms with Gasteiger partial charge >= 0.3 is 0 Å². The molecule has 0 fully saturated rings. The third kappa shape index (κ3) is 1.41. The van der Waals surface area contributed by atoms with Gasteiger partial charge in [0.1, 0.15) is 5.82 Å². The van der Waals surface area contributed by atoms with Gasteiger partial charge < -0.3 is 10.2 Å². The second-order valence-electron chi connectivity index (χ2n) is 3.58. The van der Waals surface area contributed by atoms with Crippen LogP contribution in [0.5, 0.6) is 0 Å². The van der Waals surface area contributed by atoms with Crippen LogP contribution in [0.2, 0.25) is 0 Å². The Morgan fingerprint density at radius 2 is 2.50 bits per heavy atom. The maximum absolute atomic E-state index is 12.9. The Hall–Kier alpha value is -1.32. The van der Waals surface area contributed by atoms with Gasteiger partial charge in [-0.2, -0.15) is 0 Å². The molecule has 0 radical (unpaired) electrons. The van der Waals surface area contributed by atoms with Crippen LogP contribution >= 0.6 is 0 Å². The standard InChI is InChI=1S/C10H14FN3/c1-3-8-6-12-9-4-7(11)5-13-10(9)14(8)2/h4-5,8,12H,3,6H2,1-2H3. The first-order valence-electron chi connectivity index (χ1n) is 4.84. The van der Waals surface area contributed by atoms with Crippen molar-refractivity contribution in [1.82, 2.24) is 4.98 Å². The first-order chi connectivity index (χ1) is 6.72. The number of hydrogen-bond donors (Lipinski definition) is 1. The molecule has 0 saturated carbocycles. The second-order valence-corrected chi connectivity index (χ2v) is 3.58. The third-order valence-electron chi connectivity index (χ3n) is 2.71. The van der Waals surface area contributed by atoms with Crippen molar-refractivity contribution in [2.45, 2.75) is 19.4 Å². The molecule has 0 bridgehead atoms. The number of hydrogen-bond acceptors (Lipinski definition) is 3. The average Bonchev–Trinajstić information content (AvgIpc) is 2.18. The zero-order chi connectivity index (χ0) is 10.1. The number of fused-ring (bicyclic) bond motifs is 1. The minimum Gasteiger partial charge on any atom is -0.380 e. The number of halogens is 1. The molecule has 1 N–H and O–H groups in total. The number of rotatable bonds is 1.